The zero-order chi connectivity index (χ0) is 8.59. The topological polar surface area (TPSA) is 3.24 Å². The van der Waals surface area contributed by atoms with Crippen LogP contribution >= 0.6 is 0 Å². The Kier molecular flexibility index (Phi) is 2.58. The maximum atomic E-state index is 2.48. The standard InChI is InChI=1S/C10H21N/c1-7(2)10-6-11(5)9(4)8(10)3/h7-10H,6H2,1-5H3. The summed E-state index contributed by atoms with van der Waals surface area (Å²) >= 11 is 0. The third-order valence-electron chi connectivity index (χ3n) is 3.49. The molecule has 1 rings (SSSR count). The Morgan fingerprint density at radius 2 is 1.82 bits per heavy atom. The zero-order valence-corrected chi connectivity index (χ0v) is 8.46. The Labute approximate surface area is 70.8 Å². The molecule has 1 aliphatic rings. The second-order valence-electron chi connectivity index (χ2n) is 4.45. The highest BCUT2D eigenvalue weighted by Crippen LogP contribution is 2.32. The van der Waals surface area contributed by atoms with Crippen LogP contribution in [0, 0.1) is 17.8 Å². The fraction of sp³-hybridized carbons (Fsp3) is 1.00. The van der Waals surface area contributed by atoms with Crippen LogP contribution in [0.25, 0.3) is 0 Å². The van der Waals surface area contributed by atoms with Crippen molar-refractivity contribution in [3.8, 4) is 0 Å². The summed E-state index contributed by atoms with van der Waals surface area (Å²) in [5.41, 5.74) is 0. The molecule has 66 valence electrons. The number of likely N-dealkylation sites (tertiary alicyclic amines) is 1. The maximum absolute atomic E-state index is 2.48. The Morgan fingerprint density at radius 1 is 1.27 bits per heavy atom. The molecule has 1 aliphatic heterocycles. The van der Waals surface area contributed by atoms with Gasteiger partial charge in [-0.25, -0.2) is 0 Å². The molecule has 1 fully saturated rings. The lowest BCUT2D eigenvalue weighted by Gasteiger charge is -2.20. The van der Waals surface area contributed by atoms with E-state index in [9.17, 15) is 0 Å². The first-order chi connectivity index (χ1) is 5.04. The quantitative estimate of drug-likeness (QED) is 0.561. The molecular weight excluding hydrogens is 134 g/mol. The predicted octanol–water partition coefficient (Wildman–Crippen LogP) is 2.23. The number of rotatable bonds is 1. The van der Waals surface area contributed by atoms with Gasteiger partial charge in [0.1, 0.15) is 0 Å². The highest BCUT2D eigenvalue weighted by atomic mass is 15.2. The van der Waals surface area contributed by atoms with Gasteiger partial charge in [-0.05, 0) is 31.7 Å². The molecule has 0 aromatic carbocycles. The van der Waals surface area contributed by atoms with Crippen LogP contribution in [0.15, 0.2) is 0 Å². The van der Waals surface area contributed by atoms with Gasteiger partial charge in [-0.1, -0.05) is 20.8 Å². The summed E-state index contributed by atoms with van der Waals surface area (Å²) in [5, 5.41) is 0. The van der Waals surface area contributed by atoms with Crippen molar-refractivity contribution in [2.45, 2.75) is 33.7 Å². The molecule has 1 heteroatoms. The van der Waals surface area contributed by atoms with E-state index in [1.165, 1.54) is 6.54 Å². The van der Waals surface area contributed by atoms with Crippen molar-refractivity contribution in [3.05, 3.63) is 0 Å². The zero-order valence-electron chi connectivity index (χ0n) is 8.46. The molecule has 0 amide bonds. The lowest BCUT2D eigenvalue weighted by Crippen LogP contribution is -2.24. The molecule has 0 bridgehead atoms. The van der Waals surface area contributed by atoms with Gasteiger partial charge in [0.2, 0.25) is 0 Å². The van der Waals surface area contributed by atoms with E-state index in [-0.39, 0.29) is 0 Å². The van der Waals surface area contributed by atoms with Crippen LogP contribution in [0.5, 0.6) is 0 Å². The van der Waals surface area contributed by atoms with E-state index in [1.54, 1.807) is 0 Å². The highest BCUT2D eigenvalue weighted by molar-refractivity contribution is 4.87. The van der Waals surface area contributed by atoms with Crippen molar-refractivity contribution in [1.82, 2.24) is 4.90 Å². The minimum absolute atomic E-state index is 0.780. The molecule has 0 spiro atoms. The predicted molar refractivity (Wildman–Crippen MR) is 49.6 cm³/mol. The normalized spacial score (nSPS) is 40.4. The summed E-state index contributed by atoms with van der Waals surface area (Å²) < 4.78 is 0. The fourth-order valence-corrected chi connectivity index (χ4v) is 2.24. The van der Waals surface area contributed by atoms with Crippen LogP contribution in [0.2, 0.25) is 0 Å². The first kappa shape index (κ1) is 9.05. The summed E-state index contributed by atoms with van der Waals surface area (Å²) in [4.78, 5) is 2.48. The SMILES string of the molecule is CC(C)C1CN(C)C(C)C1C. The lowest BCUT2D eigenvalue weighted by atomic mass is 9.85. The molecule has 0 aromatic rings. The van der Waals surface area contributed by atoms with E-state index >= 15 is 0 Å². The van der Waals surface area contributed by atoms with Crippen LogP contribution in [-0.4, -0.2) is 24.5 Å². The van der Waals surface area contributed by atoms with Crippen molar-refractivity contribution >= 4 is 0 Å². The summed E-state index contributed by atoms with van der Waals surface area (Å²) in [6, 6.07) is 0.780. The van der Waals surface area contributed by atoms with Crippen LogP contribution in [0.4, 0.5) is 0 Å². The second kappa shape index (κ2) is 3.14. The van der Waals surface area contributed by atoms with Crippen molar-refractivity contribution < 1.29 is 0 Å². The van der Waals surface area contributed by atoms with E-state index in [1.807, 2.05) is 0 Å². The van der Waals surface area contributed by atoms with E-state index < -0.39 is 0 Å². The third-order valence-corrected chi connectivity index (χ3v) is 3.49. The molecule has 1 heterocycles. The monoisotopic (exact) mass is 155 g/mol. The molecule has 0 radical (unpaired) electrons. The minimum Gasteiger partial charge on any atom is -0.303 e. The Hall–Kier alpha value is -0.0400. The number of nitrogens with zero attached hydrogens (tertiary/aromatic N) is 1. The van der Waals surface area contributed by atoms with E-state index in [0.29, 0.717) is 0 Å². The second-order valence-corrected chi connectivity index (χ2v) is 4.45. The summed E-state index contributed by atoms with van der Waals surface area (Å²) in [7, 11) is 2.24. The highest BCUT2D eigenvalue weighted by Gasteiger charge is 2.35. The van der Waals surface area contributed by atoms with Crippen molar-refractivity contribution in [3.63, 3.8) is 0 Å². The fourth-order valence-electron chi connectivity index (χ4n) is 2.24. The van der Waals surface area contributed by atoms with Crippen LogP contribution in [0.1, 0.15) is 27.7 Å². The van der Waals surface area contributed by atoms with Gasteiger partial charge < -0.3 is 4.90 Å². The number of hydrogen-bond acceptors (Lipinski definition) is 1. The average molecular weight is 155 g/mol. The van der Waals surface area contributed by atoms with Crippen LogP contribution in [-0.2, 0) is 0 Å². The van der Waals surface area contributed by atoms with Gasteiger partial charge in [-0.3, -0.25) is 0 Å². The molecule has 3 atom stereocenters. The van der Waals surface area contributed by atoms with Crippen LogP contribution < -0.4 is 0 Å². The third kappa shape index (κ3) is 1.58. The van der Waals surface area contributed by atoms with Crippen molar-refractivity contribution in [1.29, 1.82) is 0 Å². The van der Waals surface area contributed by atoms with E-state index in [4.69, 9.17) is 0 Å². The van der Waals surface area contributed by atoms with Crippen LogP contribution in [0.3, 0.4) is 0 Å². The molecular formula is C10H21N. The largest absolute Gasteiger partial charge is 0.303 e. The molecule has 11 heavy (non-hydrogen) atoms. The summed E-state index contributed by atoms with van der Waals surface area (Å²) in [6.45, 7) is 10.7. The van der Waals surface area contributed by atoms with Gasteiger partial charge in [-0.15, -0.1) is 0 Å². The Bertz CT molecular complexity index is 131. The molecule has 0 saturated carbocycles. The van der Waals surface area contributed by atoms with Crippen molar-refractivity contribution in [2.75, 3.05) is 13.6 Å². The average Bonchev–Trinajstić information content (AvgIpc) is 2.17. The summed E-state index contributed by atoms with van der Waals surface area (Å²) in [6.07, 6.45) is 0. The van der Waals surface area contributed by atoms with Gasteiger partial charge in [-0.2, -0.15) is 0 Å². The van der Waals surface area contributed by atoms with Gasteiger partial charge in [0.05, 0.1) is 0 Å². The Balaban J connectivity index is 2.59. The molecule has 0 aromatic heterocycles. The molecule has 1 saturated heterocycles. The summed E-state index contributed by atoms with van der Waals surface area (Å²) in [5.74, 6) is 2.63. The molecule has 0 N–H and O–H groups in total. The van der Waals surface area contributed by atoms with Gasteiger partial charge in [0, 0.05) is 12.6 Å². The van der Waals surface area contributed by atoms with Gasteiger partial charge >= 0.3 is 0 Å². The van der Waals surface area contributed by atoms with E-state index in [0.717, 1.165) is 23.8 Å². The van der Waals surface area contributed by atoms with Gasteiger partial charge in [0.25, 0.3) is 0 Å². The van der Waals surface area contributed by atoms with Crippen molar-refractivity contribution in [2.24, 2.45) is 17.8 Å². The first-order valence-corrected chi connectivity index (χ1v) is 4.74. The number of hydrogen-bond donors (Lipinski definition) is 0. The smallest absolute Gasteiger partial charge is 0.00928 e. The van der Waals surface area contributed by atoms with E-state index in [2.05, 4.69) is 39.6 Å². The first-order valence-electron chi connectivity index (χ1n) is 4.74. The lowest BCUT2D eigenvalue weighted by molar-refractivity contribution is 0.298. The maximum Gasteiger partial charge on any atom is 0.00928 e. The minimum atomic E-state index is 0.780. The molecule has 1 nitrogen and oxygen atoms in total. The molecule has 3 unspecified atom stereocenters. The Morgan fingerprint density at radius 3 is 2.00 bits per heavy atom. The van der Waals surface area contributed by atoms with Gasteiger partial charge in [0.15, 0.2) is 0 Å². The molecule has 0 aliphatic carbocycles.